The normalized spacial score (nSPS) is 15.9. The third-order valence-electron chi connectivity index (χ3n) is 11.2. The monoisotopic (exact) mass is 907 g/mol. The minimum atomic E-state index is -4.08. The number of benzene rings is 3. The molecule has 7 aromatic rings. The maximum atomic E-state index is 13.5. The lowest BCUT2D eigenvalue weighted by Crippen LogP contribution is -2.42. The van der Waals surface area contributed by atoms with Crippen LogP contribution in [-0.2, 0) is 33.6 Å². The van der Waals surface area contributed by atoms with E-state index in [0.29, 0.717) is 23.7 Å². The van der Waals surface area contributed by atoms with Crippen LogP contribution in [0, 0.1) is 27.7 Å². The lowest BCUT2D eigenvalue weighted by Gasteiger charge is -2.37. The molecule has 0 saturated carbocycles. The Labute approximate surface area is 371 Å². The molecule has 1 aliphatic heterocycles. The third kappa shape index (κ3) is 9.73. The molecule has 0 amide bonds. The summed E-state index contributed by atoms with van der Waals surface area (Å²) >= 11 is 6.33. The Morgan fingerprint density at radius 3 is 1.87 bits per heavy atom. The summed E-state index contributed by atoms with van der Waals surface area (Å²) < 4.78 is 68.0. The fourth-order valence-electron chi connectivity index (χ4n) is 8.03. The molecule has 2 atom stereocenters. The van der Waals surface area contributed by atoms with E-state index in [1.807, 2.05) is 89.3 Å². The number of likely N-dealkylation sites (tertiary alicyclic amines) is 1. The molecular weight excluding hydrogens is 862 g/mol. The Morgan fingerprint density at radius 2 is 1.27 bits per heavy atom. The molecule has 1 saturated heterocycles. The highest BCUT2D eigenvalue weighted by atomic mass is 35.5. The highest BCUT2D eigenvalue weighted by molar-refractivity contribution is 7.93. The Morgan fingerprint density at radius 1 is 0.698 bits per heavy atom. The van der Waals surface area contributed by atoms with Gasteiger partial charge in [0.05, 0.1) is 30.3 Å². The van der Waals surface area contributed by atoms with Crippen LogP contribution in [-0.4, -0.2) is 80.9 Å². The molecule has 16 nitrogen and oxygen atoms in total. The molecule has 0 spiro atoms. The highest BCUT2D eigenvalue weighted by Crippen LogP contribution is 2.35. The molecule has 2 unspecified atom stereocenters. The number of sulfonamides is 2. The molecule has 2 N–H and O–H groups in total. The first-order valence-corrected chi connectivity index (χ1v) is 23.5. The minimum absolute atomic E-state index is 0.0179. The van der Waals surface area contributed by atoms with Crippen LogP contribution < -0.4 is 14.2 Å². The average Bonchev–Trinajstić information content (AvgIpc) is 3.88. The van der Waals surface area contributed by atoms with E-state index in [1.165, 1.54) is 29.5 Å². The van der Waals surface area contributed by atoms with Crippen molar-refractivity contribution in [1.29, 1.82) is 0 Å². The van der Waals surface area contributed by atoms with Crippen molar-refractivity contribution in [3.63, 3.8) is 0 Å². The number of likely N-dealkylation sites (N-methyl/N-ethyl adjacent to an activating group) is 1. The SMILES string of the molecule is Cc1cccc(C)c1-c1cc(Cl)nc(NS(=O)(=O)c2cnn(CC3CCC(c4cccc(Oc5cc(-c6c(C)cccc6C)nc(NS(=O)(=O)c6cnn(C)c6)n5)c4)CN3C)c2)n1. The molecule has 8 rings (SSSR count). The largest absolute Gasteiger partial charge is 0.439 e. The lowest BCUT2D eigenvalue weighted by molar-refractivity contribution is 0.147. The first kappa shape index (κ1) is 43.4. The molecule has 1 aliphatic rings. The number of hydrogen-bond donors (Lipinski definition) is 2. The van der Waals surface area contributed by atoms with E-state index in [-0.39, 0.29) is 44.7 Å². The number of nitrogens with zero attached hydrogens (tertiary/aromatic N) is 9. The zero-order valence-corrected chi connectivity index (χ0v) is 37.9. The van der Waals surface area contributed by atoms with Gasteiger partial charge >= 0.3 is 0 Å². The molecule has 0 aliphatic carbocycles. The standard InChI is InChI=1S/C44H46ClN11O5S2/c1-27-10-7-11-28(2)41(27)37-19-39(45)50-43(48-37)52-63(59,60)36-22-47-56(26-36)24-33-17-16-32(23-54(33)5)31-14-9-15-34(18-31)61-40-20-38(42-29(3)12-8-13-30(42)4)49-44(51-40)53-62(57,58)35-21-46-55(6)25-35/h7-15,18-22,25-26,32-33H,16-17,23-24H2,1-6H3,(H,48,50,52)(H,49,51,53). The quantitative estimate of drug-likeness (QED) is 0.107. The second kappa shape index (κ2) is 17.5. The summed E-state index contributed by atoms with van der Waals surface area (Å²) in [4.78, 5) is 19.9. The minimum Gasteiger partial charge on any atom is -0.439 e. The van der Waals surface area contributed by atoms with Crippen molar-refractivity contribution in [2.75, 3.05) is 23.0 Å². The number of piperidine rings is 1. The van der Waals surface area contributed by atoms with Gasteiger partial charge in [-0.15, -0.1) is 0 Å². The predicted molar refractivity (Wildman–Crippen MR) is 241 cm³/mol. The number of rotatable bonds is 13. The van der Waals surface area contributed by atoms with E-state index in [4.69, 9.17) is 16.3 Å². The van der Waals surface area contributed by atoms with E-state index < -0.39 is 20.0 Å². The van der Waals surface area contributed by atoms with Crippen LogP contribution in [0.3, 0.4) is 0 Å². The molecule has 3 aromatic carbocycles. The number of ether oxygens (including phenoxy) is 1. The number of anilines is 2. The van der Waals surface area contributed by atoms with Gasteiger partial charge in [0, 0.05) is 55.3 Å². The first-order chi connectivity index (χ1) is 30.0. The predicted octanol–water partition coefficient (Wildman–Crippen LogP) is 7.69. The van der Waals surface area contributed by atoms with Crippen molar-refractivity contribution in [3.05, 3.63) is 131 Å². The van der Waals surface area contributed by atoms with Crippen LogP contribution in [0.25, 0.3) is 22.5 Å². The summed E-state index contributed by atoms with van der Waals surface area (Å²) in [7, 11) is -4.44. The van der Waals surface area contributed by atoms with Gasteiger partial charge in [-0.1, -0.05) is 60.1 Å². The molecule has 5 heterocycles. The van der Waals surface area contributed by atoms with Crippen LogP contribution in [0.1, 0.15) is 46.6 Å². The Bertz CT molecular complexity index is 3030. The van der Waals surface area contributed by atoms with Gasteiger partial charge in [-0.2, -0.15) is 15.2 Å². The fraction of sp³-hybridized carbons (Fsp3) is 0.273. The lowest BCUT2D eigenvalue weighted by atomic mass is 9.87. The molecule has 4 aromatic heterocycles. The van der Waals surface area contributed by atoms with Gasteiger partial charge in [0.2, 0.25) is 17.8 Å². The number of hydrogen-bond acceptors (Lipinski definition) is 12. The van der Waals surface area contributed by atoms with Crippen molar-refractivity contribution in [1.82, 2.24) is 44.4 Å². The molecule has 0 radical (unpaired) electrons. The van der Waals surface area contributed by atoms with Gasteiger partial charge in [-0.25, -0.2) is 41.2 Å². The van der Waals surface area contributed by atoms with Crippen LogP contribution in [0.15, 0.2) is 107 Å². The van der Waals surface area contributed by atoms with Crippen LogP contribution in [0.4, 0.5) is 11.9 Å². The second-order valence-electron chi connectivity index (χ2n) is 15.8. The number of aromatic nitrogens is 8. The van der Waals surface area contributed by atoms with E-state index in [0.717, 1.165) is 58.3 Å². The Kier molecular flexibility index (Phi) is 12.1. The van der Waals surface area contributed by atoms with Gasteiger partial charge in [-0.05, 0) is 93.5 Å². The third-order valence-corrected chi connectivity index (χ3v) is 13.9. The van der Waals surface area contributed by atoms with Crippen LogP contribution >= 0.6 is 11.6 Å². The van der Waals surface area contributed by atoms with Gasteiger partial charge in [0.25, 0.3) is 20.0 Å². The molecule has 63 heavy (non-hydrogen) atoms. The van der Waals surface area contributed by atoms with Crippen molar-refractivity contribution in [2.24, 2.45) is 7.05 Å². The number of halogens is 1. The van der Waals surface area contributed by atoms with Crippen LogP contribution in [0.5, 0.6) is 11.6 Å². The summed E-state index contributed by atoms with van der Waals surface area (Å²) in [5.74, 6) is 0.612. The van der Waals surface area contributed by atoms with Crippen LogP contribution in [0.2, 0.25) is 5.15 Å². The van der Waals surface area contributed by atoms with Gasteiger partial charge in [0.1, 0.15) is 20.7 Å². The topological polar surface area (TPSA) is 192 Å². The molecule has 326 valence electrons. The number of nitrogens with one attached hydrogen (secondary N) is 2. The maximum absolute atomic E-state index is 13.5. The molecule has 1 fully saturated rings. The van der Waals surface area contributed by atoms with Gasteiger partial charge in [0.15, 0.2) is 0 Å². The summed E-state index contributed by atoms with van der Waals surface area (Å²) in [6, 6.07) is 23.0. The summed E-state index contributed by atoms with van der Waals surface area (Å²) in [5.41, 5.74) is 7.68. The smallest absolute Gasteiger partial charge is 0.267 e. The maximum Gasteiger partial charge on any atom is 0.267 e. The zero-order valence-electron chi connectivity index (χ0n) is 35.5. The van der Waals surface area contributed by atoms with E-state index in [2.05, 4.69) is 50.5 Å². The summed E-state index contributed by atoms with van der Waals surface area (Å²) in [6.45, 7) is 9.07. The second-order valence-corrected chi connectivity index (χ2v) is 19.6. The zero-order chi connectivity index (χ0) is 44.6. The van der Waals surface area contributed by atoms with E-state index >= 15 is 0 Å². The average molecular weight is 909 g/mol. The highest BCUT2D eigenvalue weighted by Gasteiger charge is 2.29. The first-order valence-electron chi connectivity index (χ1n) is 20.1. The molecule has 0 bridgehead atoms. The van der Waals surface area contributed by atoms with Crippen molar-refractivity contribution in [3.8, 4) is 34.1 Å². The molecular formula is C44H46ClN11O5S2. The van der Waals surface area contributed by atoms with Crippen molar-refractivity contribution in [2.45, 2.75) is 68.8 Å². The molecule has 19 heteroatoms. The number of aryl methyl sites for hydroxylation is 5. The van der Waals surface area contributed by atoms with Crippen molar-refractivity contribution < 1.29 is 21.6 Å². The van der Waals surface area contributed by atoms with E-state index in [9.17, 15) is 16.8 Å². The van der Waals surface area contributed by atoms with E-state index in [1.54, 1.807) is 23.9 Å². The summed E-state index contributed by atoms with van der Waals surface area (Å²) in [5, 5.41) is 8.50. The van der Waals surface area contributed by atoms with Gasteiger partial charge in [-0.3, -0.25) is 9.36 Å². The van der Waals surface area contributed by atoms with Gasteiger partial charge < -0.3 is 9.64 Å². The Balaban J connectivity index is 0.946. The fourth-order valence-corrected chi connectivity index (χ4v) is 10.0. The van der Waals surface area contributed by atoms with Crippen molar-refractivity contribution >= 4 is 43.5 Å². The Hall–Kier alpha value is -6.21. The summed E-state index contributed by atoms with van der Waals surface area (Å²) in [6.07, 6.45) is 7.17.